The quantitative estimate of drug-likeness (QED) is 0.269. The number of anilines is 1. The monoisotopic (exact) mass is 643 g/mol. The zero-order valence-corrected chi connectivity index (χ0v) is 27.1. The minimum atomic E-state index is -4.18. The number of aromatic amines is 1. The van der Waals surface area contributed by atoms with E-state index in [0.29, 0.717) is 33.5 Å². The molecule has 6 rings (SSSR count). The summed E-state index contributed by atoms with van der Waals surface area (Å²) in [7, 11) is -4.18. The van der Waals surface area contributed by atoms with Crippen molar-refractivity contribution in [2.24, 2.45) is 0 Å². The lowest BCUT2D eigenvalue weighted by atomic mass is 10.0. The Bertz CT molecular complexity index is 2230. The molecule has 13 heteroatoms. The molecule has 0 radical (unpaired) electrons. The number of hydrogen-bond acceptors (Lipinski definition) is 8. The Kier molecular flexibility index (Phi) is 7.75. The third-order valence-corrected chi connectivity index (χ3v) is 9.56. The lowest BCUT2D eigenvalue weighted by Crippen LogP contribution is -2.49. The van der Waals surface area contributed by atoms with E-state index in [9.17, 15) is 18.0 Å². The van der Waals surface area contributed by atoms with Crippen molar-refractivity contribution in [1.29, 1.82) is 0 Å². The van der Waals surface area contributed by atoms with E-state index in [1.165, 1.54) is 23.0 Å². The van der Waals surface area contributed by atoms with Crippen LogP contribution in [0, 0.1) is 19.7 Å². The molecule has 46 heavy (non-hydrogen) atoms. The maximum Gasteiger partial charge on any atom is 0.277 e. The second kappa shape index (κ2) is 11.5. The van der Waals surface area contributed by atoms with Crippen LogP contribution in [0.1, 0.15) is 36.6 Å². The maximum absolute atomic E-state index is 16.5. The Labute approximate surface area is 265 Å². The van der Waals surface area contributed by atoms with Crippen molar-refractivity contribution in [3.8, 4) is 16.9 Å². The van der Waals surface area contributed by atoms with Crippen molar-refractivity contribution in [1.82, 2.24) is 29.4 Å². The fourth-order valence-corrected chi connectivity index (χ4v) is 7.25. The minimum Gasteiger partial charge on any atom is -0.366 e. The summed E-state index contributed by atoms with van der Waals surface area (Å²) in [6.07, 6.45) is 5.35. The molecule has 0 spiro atoms. The number of carbonyl (C=O) groups is 1. The number of amides is 1. The van der Waals surface area contributed by atoms with Gasteiger partial charge in [-0.3, -0.25) is 19.1 Å². The highest BCUT2D eigenvalue weighted by Crippen LogP contribution is 2.38. The number of nitrogens with zero attached hydrogens (tertiary/aromatic N) is 6. The molecule has 5 heterocycles. The van der Waals surface area contributed by atoms with Gasteiger partial charge >= 0.3 is 0 Å². The van der Waals surface area contributed by atoms with Crippen LogP contribution in [0.5, 0.6) is 0 Å². The van der Waals surface area contributed by atoms with Crippen LogP contribution in [-0.4, -0.2) is 76.2 Å². The number of piperazine rings is 1. The van der Waals surface area contributed by atoms with E-state index in [0.717, 1.165) is 11.8 Å². The lowest BCUT2D eigenvalue weighted by molar-refractivity contribution is -0.126. The molecule has 1 aromatic carbocycles. The van der Waals surface area contributed by atoms with Crippen molar-refractivity contribution < 1.29 is 17.6 Å². The van der Waals surface area contributed by atoms with Crippen molar-refractivity contribution in [2.75, 3.05) is 37.3 Å². The number of hydrogen-bond donors (Lipinski definition) is 1. The number of rotatable bonds is 6. The average Bonchev–Trinajstić information content (AvgIpc) is 3.49. The van der Waals surface area contributed by atoms with Gasteiger partial charge in [0.2, 0.25) is 5.91 Å². The Hall–Kier alpha value is -4.91. The van der Waals surface area contributed by atoms with Crippen molar-refractivity contribution >= 4 is 43.5 Å². The van der Waals surface area contributed by atoms with Crippen LogP contribution in [0.15, 0.2) is 59.1 Å². The van der Waals surface area contributed by atoms with E-state index in [2.05, 4.69) is 21.5 Å². The number of aromatic nitrogens is 5. The summed E-state index contributed by atoms with van der Waals surface area (Å²) < 4.78 is 44.9. The fourth-order valence-electron chi connectivity index (χ4n) is 6.25. The number of sulfone groups is 1. The fraction of sp³-hybridized carbons (Fsp3) is 0.303. The Morgan fingerprint density at radius 2 is 1.78 bits per heavy atom. The summed E-state index contributed by atoms with van der Waals surface area (Å²) >= 11 is 0. The van der Waals surface area contributed by atoms with Crippen molar-refractivity contribution in [2.45, 2.75) is 38.5 Å². The zero-order valence-electron chi connectivity index (χ0n) is 26.3. The third-order valence-electron chi connectivity index (χ3n) is 8.45. The molecule has 0 bridgehead atoms. The predicted molar refractivity (Wildman–Crippen MR) is 176 cm³/mol. The van der Waals surface area contributed by atoms with Gasteiger partial charge in [-0.1, -0.05) is 26.5 Å². The number of pyridine rings is 3. The van der Waals surface area contributed by atoms with E-state index in [1.54, 1.807) is 22.1 Å². The van der Waals surface area contributed by atoms with Gasteiger partial charge in [-0.2, -0.15) is 0 Å². The number of H-pyrrole nitrogens is 1. The standard InChI is InChI=1S/C33H34FN7O4S/c1-7-24(42)39-12-14-40(15-13-39)30-21-16-22(34)27(25-19(4)8-9-23-28(25)37-17-36-23)38-32(21)41(33(43)31(30)46(6,44)45)29-20(5)10-11-35-26(29)18(2)3/h7-11,16-18H,1,12-15H2,2-6H3,(H,36,37). The van der Waals surface area contributed by atoms with Crippen LogP contribution in [0.3, 0.4) is 0 Å². The van der Waals surface area contributed by atoms with Gasteiger partial charge in [0.05, 0.1) is 34.4 Å². The van der Waals surface area contributed by atoms with Crippen LogP contribution in [0.2, 0.25) is 0 Å². The summed E-state index contributed by atoms with van der Waals surface area (Å²) in [5.74, 6) is -1.10. The first-order valence-corrected chi connectivity index (χ1v) is 16.8. The highest BCUT2D eigenvalue weighted by Gasteiger charge is 2.33. The molecule has 4 aromatic heterocycles. The van der Waals surface area contributed by atoms with E-state index in [-0.39, 0.29) is 60.4 Å². The third kappa shape index (κ3) is 5.04. The van der Waals surface area contributed by atoms with Crippen molar-refractivity contribution in [3.05, 3.63) is 82.4 Å². The summed E-state index contributed by atoms with van der Waals surface area (Å²) in [6, 6.07) is 6.67. The second-order valence-electron chi connectivity index (χ2n) is 11.9. The molecular weight excluding hydrogens is 609 g/mol. The number of fused-ring (bicyclic) bond motifs is 2. The molecule has 1 amide bonds. The molecule has 1 aliphatic rings. The van der Waals surface area contributed by atoms with Crippen molar-refractivity contribution in [3.63, 3.8) is 0 Å². The maximum atomic E-state index is 16.5. The molecule has 0 saturated carbocycles. The van der Waals surface area contributed by atoms with Gasteiger partial charge in [0.25, 0.3) is 5.56 Å². The summed E-state index contributed by atoms with van der Waals surface area (Å²) in [5.41, 5.74) is 3.30. The second-order valence-corrected chi connectivity index (χ2v) is 13.8. The molecule has 5 aromatic rings. The molecule has 0 atom stereocenters. The molecule has 0 unspecified atom stereocenters. The Morgan fingerprint density at radius 3 is 2.43 bits per heavy atom. The van der Waals surface area contributed by atoms with E-state index in [1.807, 2.05) is 39.8 Å². The predicted octanol–water partition coefficient (Wildman–Crippen LogP) is 4.44. The molecule has 1 N–H and O–H groups in total. The van der Waals surface area contributed by atoms with Gasteiger partial charge in [0.15, 0.2) is 20.4 Å². The van der Waals surface area contributed by atoms with E-state index >= 15 is 4.39 Å². The molecule has 1 fully saturated rings. The lowest BCUT2D eigenvalue weighted by Gasteiger charge is -2.37. The van der Waals surface area contributed by atoms with E-state index in [4.69, 9.17) is 4.98 Å². The average molecular weight is 644 g/mol. The molecule has 0 aliphatic carbocycles. The molecule has 238 valence electrons. The van der Waals surface area contributed by atoms with Crippen LogP contribution in [0.4, 0.5) is 10.1 Å². The topological polar surface area (TPSA) is 134 Å². The summed E-state index contributed by atoms with van der Waals surface area (Å²) in [6.45, 7) is 12.0. The first kappa shape index (κ1) is 31.1. The molecule has 1 saturated heterocycles. The SMILES string of the molecule is C=CC(=O)N1CCN(c2c(S(C)(=O)=O)c(=O)n(-c3c(C)ccnc3C(C)C)c3nc(-c4c(C)ccc5[nH]cnc45)c(F)cc23)CC1. The number of aryl methyl sites for hydroxylation is 2. The summed E-state index contributed by atoms with van der Waals surface area (Å²) in [5, 5.41) is 0.148. The number of benzene rings is 1. The minimum absolute atomic E-state index is 0.0251. The van der Waals surface area contributed by atoms with Gasteiger partial charge in [0.1, 0.15) is 11.5 Å². The Morgan fingerprint density at radius 1 is 1.07 bits per heavy atom. The first-order chi connectivity index (χ1) is 21.8. The number of halogens is 1. The van der Waals surface area contributed by atoms with Crippen LogP contribution >= 0.6 is 0 Å². The smallest absolute Gasteiger partial charge is 0.277 e. The zero-order chi connectivity index (χ0) is 33.1. The summed E-state index contributed by atoms with van der Waals surface area (Å²) in [4.78, 5) is 46.7. The van der Waals surface area contributed by atoms with Crippen LogP contribution < -0.4 is 10.5 Å². The number of nitrogens with one attached hydrogen (secondary N) is 1. The molecule has 11 nitrogen and oxygen atoms in total. The highest BCUT2D eigenvalue weighted by molar-refractivity contribution is 7.90. The number of imidazole rings is 1. The largest absolute Gasteiger partial charge is 0.366 e. The van der Waals surface area contributed by atoms with Crippen LogP contribution in [-0.2, 0) is 14.6 Å². The molecule has 1 aliphatic heterocycles. The van der Waals surface area contributed by atoms with Crippen LogP contribution in [0.25, 0.3) is 39.0 Å². The van der Waals surface area contributed by atoms with Gasteiger partial charge in [-0.05, 0) is 55.2 Å². The number of carbonyl (C=O) groups excluding carboxylic acids is 1. The molecular formula is C33H34FN7O4S. The van der Waals surface area contributed by atoms with Gasteiger partial charge in [-0.15, -0.1) is 0 Å². The Balaban J connectivity index is 1.77. The van der Waals surface area contributed by atoms with Gasteiger partial charge in [0, 0.05) is 49.6 Å². The van der Waals surface area contributed by atoms with Gasteiger partial charge < -0.3 is 14.8 Å². The van der Waals surface area contributed by atoms with E-state index < -0.39 is 26.1 Å². The first-order valence-electron chi connectivity index (χ1n) is 14.9. The van der Waals surface area contributed by atoms with Gasteiger partial charge in [-0.25, -0.2) is 22.8 Å². The highest BCUT2D eigenvalue weighted by atomic mass is 32.2. The normalized spacial score (nSPS) is 14.1.